The van der Waals surface area contributed by atoms with Gasteiger partial charge in [-0.15, -0.1) is 0 Å². The number of aromatic nitrogens is 1. The SMILES string of the molecule is CNc1ccc(Cl)c(C(=O)Nc2c(C)cc(C)cc2Br)n1. The van der Waals surface area contributed by atoms with Crippen molar-refractivity contribution in [2.75, 3.05) is 17.7 Å². The van der Waals surface area contributed by atoms with Crippen molar-refractivity contribution < 1.29 is 4.79 Å². The fraction of sp³-hybridized carbons (Fsp3) is 0.200. The van der Waals surface area contributed by atoms with E-state index in [1.807, 2.05) is 26.0 Å². The molecule has 0 unspecified atom stereocenters. The highest BCUT2D eigenvalue weighted by Gasteiger charge is 2.16. The van der Waals surface area contributed by atoms with Crippen LogP contribution in [0.2, 0.25) is 5.02 Å². The van der Waals surface area contributed by atoms with Crippen molar-refractivity contribution in [3.05, 3.63) is 50.6 Å². The lowest BCUT2D eigenvalue weighted by Crippen LogP contribution is -2.16. The van der Waals surface area contributed by atoms with E-state index in [1.54, 1.807) is 19.2 Å². The molecule has 21 heavy (non-hydrogen) atoms. The molecule has 1 aromatic heterocycles. The minimum absolute atomic E-state index is 0.190. The Morgan fingerprint density at radius 2 is 2.00 bits per heavy atom. The van der Waals surface area contributed by atoms with Gasteiger partial charge < -0.3 is 10.6 Å². The summed E-state index contributed by atoms with van der Waals surface area (Å²) in [5.41, 5.74) is 3.00. The molecule has 0 aliphatic carbocycles. The van der Waals surface area contributed by atoms with Crippen molar-refractivity contribution in [3.63, 3.8) is 0 Å². The maximum Gasteiger partial charge on any atom is 0.275 e. The zero-order chi connectivity index (χ0) is 15.6. The quantitative estimate of drug-likeness (QED) is 0.844. The standard InChI is InChI=1S/C15H15BrClN3O/c1-8-6-9(2)13(10(16)7-8)20-15(21)14-11(17)4-5-12(18-3)19-14/h4-7H,1-3H3,(H,18,19)(H,20,21). The number of aryl methyl sites for hydroxylation is 2. The zero-order valence-corrected chi connectivity index (χ0v) is 14.3. The van der Waals surface area contributed by atoms with Crippen LogP contribution in [0.1, 0.15) is 21.6 Å². The first-order valence-corrected chi connectivity index (χ1v) is 7.52. The smallest absolute Gasteiger partial charge is 0.275 e. The van der Waals surface area contributed by atoms with Crippen molar-refractivity contribution in [1.29, 1.82) is 0 Å². The van der Waals surface area contributed by atoms with Gasteiger partial charge in [-0.05, 0) is 59.1 Å². The minimum Gasteiger partial charge on any atom is -0.373 e. The monoisotopic (exact) mass is 367 g/mol. The van der Waals surface area contributed by atoms with E-state index in [-0.39, 0.29) is 11.6 Å². The van der Waals surface area contributed by atoms with Gasteiger partial charge in [0, 0.05) is 11.5 Å². The van der Waals surface area contributed by atoms with E-state index in [0.717, 1.165) is 21.3 Å². The number of nitrogens with one attached hydrogen (secondary N) is 2. The number of hydrogen-bond donors (Lipinski definition) is 2. The van der Waals surface area contributed by atoms with Gasteiger partial charge in [0.15, 0.2) is 0 Å². The number of rotatable bonds is 3. The molecule has 0 bridgehead atoms. The van der Waals surface area contributed by atoms with Crippen molar-refractivity contribution >= 4 is 44.9 Å². The molecule has 0 aliphatic heterocycles. The van der Waals surface area contributed by atoms with Crippen LogP contribution < -0.4 is 10.6 Å². The first kappa shape index (κ1) is 15.8. The molecule has 1 heterocycles. The molecule has 0 atom stereocenters. The number of nitrogens with zero attached hydrogens (tertiary/aromatic N) is 1. The summed E-state index contributed by atoms with van der Waals surface area (Å²) in [6, 6.07) is 7.31. The highest BCUT2D eigenvalue weighted by atomic mass is 79.9. The van der Waals surface area contributed by atoms with Crippen LogP contribution in [0.3, 0.4) is 0 Å². The number of benzene rings is 1. The van der Waals surface area contributed by atoms with Gasteiger partial charge in [-0.25, -0.2) is 4.98 Å². The number of carbonyl (C=O) groups is 1. The molecule has 0 spiro atoms. The summed E-state index contributed by atoms with van der Waals surface area (Å²) in [4.78, 5) is 16.6. The van der Waals surface area contributed by atoms with Crippen LogP contribution in [0.15, 0.2) is 28.7 Å². The maximum atomic E-state index is 12.4. The van der Waals surface area contributed by atoms with E-state index in [0.29, 0.717) is 10.8 Å². The van der Waals surface area contributed by atoms with Crippen LogP contribution in [0.25, 0.3) is 0 Å². The molecule has 6 heteroatoms. The van der Waals surface area contributed by atoms with Crippen LogP contribution in [0.5, 0.6) is 0 Å². The fourth-order valence-corrected chi connectivity index (χ4v) is 2.95. The van der Waals surface area contributed by atoms with Gasteiger partial charge in [-0.2, -0.15) is 0 Å². The van der Waals surface area contributed by atoms with Crippen LogP contribution in [0.4, 0.5) is 11.5 Å². The lowest BCUT2D eigenvalue weighted by atomic mass is 10.1. The number of anilines is 2. The Morgan fingerprint density at radius 3 is 2.62 bits per heavy atom. The predicted molar refractivity (Wildman–Crippen MR) is 90.4 cm³/mol. The molecular formula is C15H15BrClN3O. The average molecular weight is 369 g/mol. The van der Waals surface area contributed by atoms with E-state index in [9.17, 15) is 4.79 Å². The normalized spacial score (nSPS) is 10.3. The number of halogens is 2. The second kappa shape index (κ2) is 6.45. The largest absolute Gasteiger partial charge is 0.373 e. The van der Waals surface area contributed by atoms with Gasteiger partial charge in [0.25, 0.3) is 5.91 Å². The van der Waals surface area contributed by atoms with Crippen molar-refractivity contribution in [1.82, 2.24) is 4.98 Å². The highest BCUT2D eigenvalue weighted by Crippen LogP contribution is 2.28. The lowest BCUT2D eigenvalue weighted by Gasteiger charge is -2.12. The Bertz CT molecular complexity index is 680. The van der Waals surface area contributed by atoms with Gasteiger partial charge in [0.1, 0.15) is 11.5 Å². The Morgan fingerprint density at radius 1 is 1.29 bits per heavy atom. The summed E-state index contributed by atoms with van der Waals surface area (Å²) in [5, 5.41) is 6.05. The number of hydrogen-bond acceptors (Lipinski definition) is 3. The van der Waals surface area contributed by atoms with Crippen LogP contribution in [-0.4, -0.2) is 17.9 Å². The summed E-state index contributed by atoms with van der Waals surface area (Å²) < 4.78 is 0.828. The molecule has 2 aromatic rings. The third-order valence-corrected chi connectivity index (χ3v) is 3.92. The number of amides is 1. The summed E-state index contributed by atoms with van der Waals surface area (Å²) in [6.07, 6.45) is 0. The second-order valence-corrected chi connectivity index (χ2v) is 5.93. The van der Waals surface area contributed by atoms with Gasteiger partial charge >= 0.3 is 0 Å². The minimum atomic E-state index is -0.343. The molecule has 0 saturated carbocycles. The molecule has 0 aliphatic rings. The Balaban J connectivity index is 2.35. The van der Waals surface area contributed by atoms with E-state index < -0.39 is 0 Å². The van der Waals surface area contributed by atoms with Crippen molar-refractivity contribution in [3.8, 4) is 0 Å². The molecule has 110 valence electrons. The predicted octanol–water partition coefficient (Wildman–Crippen LogP) is 4.41. The fourth-order valence-electron chi connectivity index (χ4n) is 1.99. The molecule has 0 fully saturated rings. The van der Waals surface area contributed by atoms with E-state index in [1.165, 1.54) is 0 Å². The van der Waals surface area contributed by atoms with Crippen LogP contribution in [0, 0.1) is 13.8 Å². The van der Waals surface area contributed by atoms with Gasteiger partial charge in [-0.1, -0.05) is 17.7 Å². The Labute approximate surface area is 137 Å². The number of pyridine rings is 1. The summed E-state index contributed by atoms with van der Waals surface area (Å²) in [7, 11) is 1.73. The molecule has 1 amide bonds. The topological polar surface area (TPSA) is 54.0 Å². The second-order valence-electron chi connectivity index (χ2n) is 4.67. The van der Waals surface area contributed by atoms with Crippen molar-refractivity contribution in [2.45, 2.75) is 13.8 Å². The van der Waals surface area contributed by atoms with Crippen molar-refractivity contribution in [2.24, 2.45) is 0 Å². The third-order valence-electron chi connectivity index (χ3n) is 2.99. The van der Waals surface area contributed by atoms with E-state index in [2.05, 4.69) is 31.5 Å². The Hall–Kier alpha value is -1.59. The lowest BCUT2D eigenvalue weighted by molar-refractivity contribution is 0.102. The van der Waals surface area contributed by atoms with E-state index in [4.69, 9.17) is 11.6 Å². The number of carbonyl (C=O) groups excluding carboxylic acids is 1. The molecule has 4 nitrogen and oxygen atoms in total. The molecular weight excluding hydrogens is 354 g/mol. The van der Waals surface area contributed by atoms with Crippen LogP contribution in [-0.2, 0) is 0 Å². The molecule has 2 N–H and O–H groups in total. The first-order chi connectivity index (χ1) is 9.92. The van der Waals surface area contributed by atoms with Crippen LogP contribution >= 0.6 is 27.5 Å². The third kappa shape index (κ3) is 3.54. The van der Waals surface area contributed by atoms with Gasteiger partial charge in [0.05, 0.1) is 10.7 Å². The first-order valence-electron chi connectivity index (χ1n) is 6.34. The Kier molecular flexibility index (Phi) is 4.85. The van der Waals surface area contributed by atoms with Gasteiger partial charge in [0.2, 0.25) is 0 Å². The summed E-state index contributed by atoms with van der Waals surface area (Å²) in [6.45, 7) is 3.94. The zero-order valence-electron chi connectivity index (χ0n) is 11.9. The summed E-state index contributed by atoms with van der Waals surface area (Å²) >= 11 is 9.52. The maximum absolute atomic E-state index is 12.4. The summed E-state index contributed by atoms with van der Waals surface area (Å²) in [5.74, 6) is 0.244. The van der Waals surface area contributed by atoms with Gasteiger partial charge in [-0.3, -0.25) is 4.79 Å². The molecule has 0 radical (unpaired) electrons. The molecule has 1 aromatic carbocycles. The highest BCUT2D eigenvalue weighted by molar-refractivity contribution is 9.10. The molecule has 0 saturated heterocycles. The molecule has 2 rings (SSSR count). The van der Waals surface area contributed by atoms with E-state index >= 15 is 0 Å². The average Bonchev–Trinajstić information content (AvgIpc) is 2.43.